The number of ketones is 4. The summed E-state index contributed by atoms with van der Waals surface area (Å²) in [7, 11) is 0. The van der Waals surface area contributed by atoms with E-state index in [9.17, 15) is 19.2 Å². The SMILES string of the molecule is O=C(c1ccccc1)c1ccccc1.O=C(c1ccccc1)c1ccccc1.O=C(c1ccccc1)c1ccccc1.O=C(c1ccccc1)c1ccccc1. The van der Waals surface area contributed by atoms with E-state index in [1.165, 1.54) is 0 Å². The molecule has 0 fully saturated rings. The van der Waals surface area contributed by atoms with E-state index in [0.29, 0.717) is 0 Å². The lowest BCUT2D eigenvalue weighted by Gasteiger charge is -1.99. The summed E-state index contributed by atoms with van der Waals surface area (Å²) in [5.41, 5.74) is 5.88. The zero-order chi connectivity index (χ0) is 39.2. The molecule has 8 aromatic carbocycles. The molecule has 8 rings (SSSR count). The molecule has 0 saturated heterocycles. The second-order valence-corrected chi connectivity index (χ2v) is 12.2. The summed E-state index contributed by atoms with van der Waals surface area (Å²) < 4.78 is 0. The first-order chi connectivity index (χ1) is 27.5. The summed E-state index contributed by atoms with van der Waals surface area (Å²) in [6.45, 7) is 0. The molecule has 0 aliphatic carbocycles. The maximum atomic E-state index is 11.8. The van der Waals surface area contributed by atoms with Gasteiger partial charge in [0.1, 0.15) is 0 Å². The molecule has 0 aromatic heterocycles. The van der Waals surface area contributed by atoms with Crippen molar-refractivity contribution in [3.63, 3.8) is 0 Å². The van der Waals surface area contributed by atoms with Crippen molar-refractivity contribution in [2.24, 2.45) is 0 Å². The molecular formula is C52H40O4. The van der Waals surface area contributed by atoms with E-state index in [1.807, 2.05) is 243 Å². The summed E-state index contributed by atoms with van der Waals surface area (Å²) in [5, 5.41) is 0. The molecule has 8 aromatic rings. The van der Waals surface area contributed by atoms with Gasteiger partial charge in [-0.3, -0.25) is 19.2 Å². The van der Waals surface area contributed by atoms with Crippen molar-refractivity contribution in [2.75, 3.05) is 0 Å². The first-order valence-electron chi connectivity index (χ1n) is 18.1. The van der Waals surface area contributed by atoms with Gasteiger partial charge in [0.2, 0.25) is 0 Å². The van der Waals surface area contributed by atoms with Gasteiger partial charge in [-0.25, -0.2) is 0 Å². The Morgan fingerprint density at radius 3 is 0.339 bits per heavy atom. The van der Waals surface area contributed by atoms with Crippen LogP contribution in [-0.4, -0.2) is 23.1 Å². The van der Waals surface area contributed by atoms with E-state index < -0.39 is 0 Å². The smallest absolute Gasteiger partial charge is 0.193 e. The summed E-state index contributed by atoms with van der Waals surface area (Å²) in [6.07, 6.45) is 0. The molecule has 0 bridgehead atoms. The Morgan fingerprint density at radius 1 is 0.161 bits per heavy atom. The van der Waals surface area contributed by atoms with Crippen molar-refractivity contribution in [3.05, 3.63) is 287 Å². The van der Waals surface area contributed by atoms with Crippen LogP contribution in [0.1, 0.15) is 63.7 Å². The standard InChI is InChI=1S/4C13H10O/c4*14-13(11-7-3-1-4-8-11)12-9-5-2-6-10-12/h4*1-10H. The third kappa shape index (κ3) is 12.3. The van der Waals surface area contributed by atoms with E-state index in [4.69, 9.17) is 0 Å². The van der Waals surface area contributed by atoms with Crippen LogP contribution in [-0.2, 0) is 0 Å². The van der Waals surface area contributed by atoms with Gasteiger partial charge in [-0.1, -0.05) is 243 Å². The number of rotatable bonds is 8. The molecule has 0 unspecified atom stereocenters. The lowest BCUT2D eigenvalue weighted by molar-refractivity contribution is 0.103. The van der Waals surface area contributed by atoms with Gasteiger partial charge in [0, 0.05) is 44.5 Å². The van der Waals surface area contributed by atoms with Crippen LogP contribution in [0.4, 0.5) is 0 Å². The quantitative estimate of drug-likeness (QED) is 0.146. The first kappa shape index (κ1) is 39.6. The van der Waals surface area contributed by atoms with Crippen LogP contribution in [0.25, 0.3) is 0 Å². The second-order valence-electron chi connectivity index (χ2n) is 12.2. The van der Waals surface area contributed by atoms with Crippen molar-refractivity contribution in [1.82, 2.24) is 0 Å². The molecule has 56 heavy (non-hydrogen) atoms. The van der Waals surface area contributed by atoms with Gasteiger partial charge in [0.25, 0.3) is 0 Å². The van der Waals surface area contributed by atoms with Crippen LogP contribution in [0.3, 0.4) is 0 Å². The molecule has 0 amide bonds. The third-order valence-electron chi connectivity index (χ3n) is 8.29. The zero-order valence-electron chi connectivity index (χ0n) is 30.7. The highest BCUT2D eigenvalue weighted by atomic mass is 16.1. The van der Waals surface area contributed by atoms with Gasteiger partial charge in [-0.15, -0.1) is 0 Å². The van der Waals surface area contributed by atoms with Crippen LogP contribution in [0.15, 0.2) is 243 Å². The van der Waals surface area contributed by atoms with Crippen molar-refractivity contribution >= 4 is 23.1 Å². The van der Waals surface area contributed by atoms with Gasteiger partial charge in [-0.05, 0) is 0 Å². The van der Waals surface area contributed by atoms with Crippen molar-refractivity contribution in [1.29, 1.82) is 0 Å². The minimum atomic E-state index is 0.0752. The molecule has 0 saturated carbocycles. The third-order valence-corrected chi connectivity index (χ3v) is 8.29. The molecule has 0 radical (unpaired) electrons. The van der Waals surface area contributed by atoms with E-state index in [1.54, 1.807) is 0 Å². The van der Waals surface area contributed by atoms with Gasteiger partial charge < -0.3 is 0 Å². The Morgan fingerprint density at radius 2 is 0.250 bits per heavy atom. The highest BCUT2D eigenvalue weighted by molar-refractivity contribution is 6.10. The summed E-state index contributed by atoms with van der Waals surface area (Å²) in [4.78, 5) is 47.4. The van der Waals surface area contributed by atoms with Crippen molar-refractivity contribution in [2.45, 2.75) is 0 Å². The second kappa shape index (κ2) is 21.8. The normalized spacial score (nSPS) is 9.71. The maximum Gasteiger partial charge on any atom is 0.193 e. The summed E-state index contributed by atoms with van der Waals surface area (Å²) >= 11 is 0. The molecule has 0 aliphatic heterocycles. The molecular weight excluding hydrogens is 689 g/mol. The number of hydrogen-bond acceptors (Lipinski definition) is 4. The summed E-state index contributed by atoms with van der Waals surface area (Å²) in [6, 6.07) is 74.4. The Bertz CT molecular complexity index is 1850. The maximum absolute atomic E-state index is 11.8. The average molecular weight is 729 g/mol. The fourth-order valence-electron chi connectivity index (χ4n) is 5.38. The van der Waals surface area contributed by atoms with E-state index in [0.717, 1.165) is 44.5 Å². The van der Waals surface area contributed by atoms with Crippen LogP contribution in [0.2, 0.25) is 0 Å². The fraction of sp³-hybridized carbons (Fsp3) is 0. The van der Waals surface area contributed by atoms with Crippen molar-refractivity contribution in [3.8, 4) is 0 Å². The van der Waals surface area contributed by atoms with E-state index >= 15 is 0 Å². The van der Waals surface area contributed by atoms with Gasteiger partial charge in [-0.2, -0.15) is 0 Å². The molecule has 0 heterocycles. The number of benzene rings is 8. The molecule has 4 nitrogen and oxygen atoms in total. The van der Waals surface area contributed by atoms with Crippen LogP contribution < -0.4 is 0 Å². The Kier molecular flexibility index (Phi) is 15.5. The van der Waals surface area contributed by atoms with Crippen LogP contribution in [0.5, 0.6) is 0 Å². The van der Waals surface area contributed by atoms with Gasteiger partial charge in [0.05, 0.1) is 0 Å². The zero-order valence-corrected chi connectivity index (χ0v) is 30.7. The fourth-order valence-corrected chi connectivity index (χ4v) is 5.38. The Hall–Kier alpha value is -7.56. The predicted molar refractivity (Wildman–Crippen MR) is 225 cm³/mol. The molecule has 0 atom stereocenters. The number of carbonyl (C=O) groups excluding carboxylic acids is 4. The highest BCUT2D eigenvalue weighted by Gasteiger charge is 2.09. The topological polar surface area (TPSA) is 68.3 Å². The van der Waals surface area contributed by atoms with Crippen LogP contribution in [0, 0.1) is 0 Å². The first-order valence-corrected chi connectivity index (χ1v) is 18.1. The number of carbonyl (C=O) groups is 4. The van der Waals surface area contributed by atoms with Crippen molar-refractivity contribution < 1.29 is 19.2 Å². The highest BCUT2D eigenvalue weighted by Crippen LogP contribution is 2.11. The molecule has 272 valence electrons. The lowest BCUT2D eigenvalue weighted by atomic mass is 10.0. The molecule has 4 heteroatoms. The summed E-state index contributed by atoms with van der Waals surface area (Å²) in [5.74, 6) is 0.301. The molecule has 0 spiro atoms. The minimum Gasteiger partial charge on any atom is -0.289 e. The van der Waals surface area contributed by atoms with E-state index in [-0.39, 0.29) is 23.1 Å². The lowest BCUT2D eigenvalue weighted by Crippen LogP contribution is -1.99. The van der Waals surface area contributed by atoms with E-state index in [2.05, 4.69) is 0 Å². The van der Waals surface area contributed by atoms with Gasteiger partial charge in [0.15, 0.2) is 23.1 Å². The predicted octanol–water partition coefficient (Wildman–Crippen LogP) is 11.7. The Balaban J connectivity index is 0.000000143. The average Bonchev–Trinajstić information content (AvgIpc) is 3.31. The largest absolute Gasteiger partial charge is 0.289 e. The minimum absolute atomic E-state index is 0.0752. The molecule has 0 aliphatic rings. The monoisotopic (exact) mass is 728 g/mol. The number of hydrogen-bond donors (Lipinski definition) is 0. The van der Waals surface area contributed by atoms with Gasteiger partial charge >= 0.3 is 0 Å². The van der Waals surface area contributed by atoms with Crippen LogP contribution >= 0.6 is 0 Å². The Labute approximate surface area is 328 Å². The molecule has 0 N–H and O–H groups in total.